The number of rotatable bonds is 1. The van der Waals surface area contributed by atoms with E-state index in [2.05, 4.69) is 15.9 Å². The third kappa shape index (κ3) is 1.86. The molecule has 1 aromatic rings. The van der Waals surface area contributed by atoms with E-state index >= 15 is 0 Å². The van der Waals surface area contributed by atoms with Gasteiger partial charge in [-0.2, -0.15) is 0 Å². The normalized spacial score (nSPS) is 22.2. The number of carbonyl (C=O) groups excluding carboxylic acids is 2. The Bertz CT molecular complexity index is 623. The number of Topliss-reactive ketones (excluding diaryl/α,β-unsaturated/α-hetero) is 2. The molecule has 0 saturated heterocycles. The maximum atomic E-state index is 12.1. The van der Waals surface area contributed by atoms with Crippen molar-refractivity contribution in [3.05, 3.63) is 41.0 Å². The van der Waals surface area contributed by atoms with Crippen molar-refractivity contribution >= 4 is 33.3 Å². The first kappa shape index (κ1) is 12.6. The molecule has 0 spiro atoms. The van der Waals surface area contributed by atoms with Gasteiger partial charge in [-0.25, -0.2) is 0 Å². The van der Waals surface area contributed by atoms with E-state index < -0.39 is 11.6 Å². The molecule has 1 aromatic carbocycles. The Balaban J connectivity index is 2.10. The van der Waals surface area contributed by atoms with Gasteiger partial charge >= 0.3 is 0 Å². The van der Waals surface area contributed by atoms with E-state index in [1.165, 1.54) is 0 Å². The molecule has 0 aromatic heterocycles. The average Bonchev–Trinajstić information content (AvgIpc) is 2.81. The minimum Gasteiger partial charge on any atom is -0.488 e. The minimum absolute atomic E-state index is 0.139. The topological polar surface area (TPSA) is 43.4 Å². The van der Waals surface area contributed by atoms with Crippen LogP contribution in [0.5, 0.6) is 0 Å². The van der Waals surface area contributed by atoms with Crippen molar-refractivity contribution in [1.29, 1.82) is 0 Å². The first-order valence-corrected chi connectivity index (χ1v) is 6.96. The number of ketones is 2. The summed E-state index contributed by atoms with van der Waals surface area (Å²) < 4.78 is 5.69. The van der Waals surface area contributed by atoms with Gasteiger partial charge in [0, 0.05) is 17.5 Å². The quantitative estimate of drug-likeness (QED) is 0.590. The number of carbonyl (C=O) groups is 2. The van der Waals surface area contributed by atoms with Gasteiger partial charge in [0.15, 0.2) is 0 Å². The number of halogens is 1. The molecule has 4 heteroatoms. The summed E-state index contributed by atoms with van der Waals surface area (Å²) in [7, 11) is 0. The molecule has 0 N–H and O–H groups in total. The van der Waals surface area contributed by atoms with E-state index in [0.29, 0.717) is 23.3 Å². The largest absolute Gasteiger partial charge is 0.488 e. The van der Waals surface area contributed by atoms with Crippen LogP contribution in [-0.4, -0.2) is 22.0 Å². The van der Waals surface area contributed by atoms with Crippen LogP contribution in [0.15, 0.2) is 29.8 Å². The standard InChI is InChI=1S/C15H13BrO3/c1-15(2,16)11-7-10-13(18)12(17)8-5-3-4-6-9(8)14(10)19-11/h3-6,11H,7H2,1-2H3. The summed E-state index contributed by atoms with van der Waals surface area (Å²) in [5.74, 6) is -0.267. The highest BCUT2D eigenvalue weighted by molar-refractivity contribution is 9.10. The molecular weight excluding hydrogens is 308 g/mol. The fourth-order valence-corrected chi connectivity index (χ4v) is 2.73. The summed E-state index contributed by atoms with van der Waals surface area (Å²) in [6.45, 7) is 3.99. The number of alkyl halides is 1. The first-order chi connectivity index (χ1) is 8.89. The Kier molecular flexibility index (Phi) is 2.68. The highest BCUT2D eigenvalue weighted by atomic mass is 79.9. The van der Waals surface area contributed by atoms with E-state index in [-0.39, 0.29) is 10.4 Å². The molecule has 3 nitrogen and oxygen atoms in total. The predicted molar refractivity (Wildman–Crippen MR) is 75.2 cm³/mol. The van der Waals surface area contributed by atoms with Gasteiger partial charge in [-0.1, -0.05) is 40.2 Å². The molecule has 0 fully saturated rings. The summed E-state index contributed by atoms with van der Waals surface area (Å²) in [6, 6.07) is 7.12. The van der Waals surface area contributed by atoms with E-state index in [1.54, 1.807) is 12.1 Å². The van der Waals surface area contributed by atoms with Crippen molar-refractivity contribution in [2.24, 2.45) is 0 Å². The Labute approximate surface area is 119 Å². The molecule has 1 aliphatic carbocycles. The molecule has 1 atom stereocenters. The van der Waals surface area contributed by atoms with Crippen LogP contribution in [0, 0.1) is 0 Å². The van der Waals surface area contributed by atoms with Crippen LogP contribution in [0.25, 0.3) is 5.76 Å². The fraction of sp³-hybridized carbons (Fsp3) is 0.333. The fourth-order valence-electron chi connectivity index (χ4n) is 2.48. The van der Waals surface area contributed by atoms with E-state index in [0.717, 1.165) is 5.56 Å². The lowest BCUT2D eigenvalue weighted by Gasteiger charge is -2.25. The van der Waals surface area contributed by atoms with Crippen molar-refractivity contribution in [2.75, 3.05) is 0 Å². The Morgan fingerprint density at radius 3 is 2.42 bits per heavy atom. The van der Waals surface area contributed by atoms with Crippen LogP contribution in [-0.2, 0) is 9.53 Å². The van der Waals surface area contributed by atoms with Gasteiger partial charge in [0.05, 0.1) is 9.90 Å². The molecule has 1 unspecified atom stereocenters. The zero-order valence-electron chi connectivity index (χ0n) is 10.7. The Morgan fingerprint density at radius 2 is 1.79 bits per heavy atom. The lowest BCUT2D eigenvalue weighted by Crippen LogP contribution is -2.29. The molecule has 0 amide bonds. The molecule has 0 saturated carbocycles. The van der Waals surface area contributed by atoms with Gasteiger partial charge in [-0.3, -0.25) is 9.59 Å². The number of hydrogen-bond donors (Lipinski definition) is 0. The Morgan fingerprint density at radius 1 is 1.16 bits per heavy atom. The minimum atomic E-state index is -0.425. The average molecular weight is 321 g/mol. The number of ether oxygens (including phenoxy) is 1. The first-order valence-electron chi connectivity index (χ1n) is 6.16. The number of hydrogen-bond acceptors (Lipinski definition) is 3. The summed E-state index contributed by atoms with van der Waals surface area (Å²) in [5.41, 5.74) is 1.70. The summed E-state index contributed by atoms with van der Waals surface area (Å²) >= 11 is 3.57. The monoisotopic (exact) mass is 320 g/mol. The third-order valence-electron chi connectivity index (χ3n) is 3.59. The second-order valence-electron chi connectivity index (χ2n) is 5.39. The highest BCUT2D eigenvalue weighted by Crippen LogP contribution is 2.43. The van der Waals surface area contributed by atoms with Crippen molar-refractivity contribution < 1.29 is 14.3 Å². The smallest absolute Gasteiger partial charge is 0.234 e. The van der Waals surface area contributed by atoms with Crippen LogP contribution in [0.4, 0.5) is 0 Å². The summed E-state index contributed by atoms with van der Waals surface area (Å²) in [6.07, 6.45) is 0.340. The lowest BCUT2D eigenvalue weighted by molar-refractivity contribution is -0.112. The summed E-state index contributed by atoms with van der Waals surface area (Å²) in [4.78, 5) is 24.2. The molecule has 0 radical (unpaired) electrons. The van der Waals surface area contributed by atoms with Crippen LogP contribution < -0.4 is 0 Å². The van der Waals surface area contributed by atoms with Gasteiger partial charge in [-0.05, 0) is 13.8 Å². The van der Waals surface area contributed by atoms with Crippen LogP contribution in [0.2, 0.25) is 0 Å². The van der Waals surface area contributed by atoms with Crippen molar-refractivity contribution in [3.63, 3.8) is 0 Å². The van der Waals surface area contributed by atoms with Gasteiger partial charge in [0.1, 0.15) is 11.9 Å². The van der Waals surface area contributed by atoms with Crippen LogP contribution >= 0.6 is 15.9 Å². The van der Waals surface area contributed by atoms with Gasteiger partial charge in [0.25, 0.3) is 0 Å². The van der Waals surface area contributed by atoms with Gasteiger partial charge in [-0.15, -0.1) is 0 Å². The molecule has 98 valence electrons. The van der Waals surface area contributed by atoms with Crippen molar-refractivity contribution in [2.45, 2.75) is 30.7 Å². The van der Waals surface area contributed by atoms with Crippen molar-refractivity contribution in [3.8, 4) is 0 Å². The molecule has 19 heavy (non-hydrogen) atoms. The zero-order valence-corrected chi connectivity index (χ0v) is 12.3. The van der Waals surface area contributed by atoms with Crippen molar-refractivity contribution in [1.82, 2.24) is 0 Å². The lowest BCUT2D eigenvalue weighted by atomic mass is 9.87. The SMILES string of the molecule is CC(C)(Br)C1CC2=C(O1)c1ccccc1C(=O)C2=O. The maximum Gasteiger partial charge on any atom is 0.234 e. The second-order valence-corrected chi connectivity index (χ2v) is 7.43. The molecule has 3 rings (SSSR count). The molecule has 1 aliphatic heterocycles. The molecule has 2 aliphatic rings. The number of benzene rings is 1. The van der Waals surface area contributed by atoms with E-state index in [1.807, 2.05) is 26.0 Å². The third-order valence-corrected chi connectivity index (χ3v) is 4.10. The molecule has 0 bridgehead atoms. The van der Waals surface area contributed by atoms with Gasteiger partial charge < -0.3 is 4.74 Å². The second kappa shape index (κ2) is 4.04. The molecular formula is C15H13BrO3. The Hall–Kier alpha value is -1.42. The van der Waals surface area contributed by atoms with Gasteiger partial charge in [0.2, 0.25) is 11.6 Å². The maximum absolute atomic E-state index is 12.1. The van der Waals surface area contributed by atoms with E-state index in [4.69, 9.17) is 4.74 Å². The van der Waals surface area contributed by atoms with Crippen LogP contribution in [0.1, 0.15) is 36.2 Å². The van der Waals surface area contributed by atoms with E-state index in [9.17, 15) is 9.59 Å². The zero-order chi connectivity index (χ0) is 13.8. The highest BCUT2D eigenvalue weighted by Gasteiger charge is 2.43. The molecule has 1 heterocycles. The number of fused-ring (bicyclic) bond motifs is 2. The summed E-state index contributed by atoms with van der Waals surface area (Å²) in [5, 5.41) is 0. The predicted octanol–water partition coefficient (Wildman–Crippen LogP) is 3.13. The van der Waals surface area contributed by atoms with Crippen LogP contribution in [0.3, 0.4) is 0 Å².